The fourth-order valence-electron chi connectivity index (χ4n) is 1.06. The van der Waals surface area contributed by atoms with E-state index in [1.165, 1.54) is 6.39 Å². The van der Waals surface area contributed by atoms with Crippen molar-refractivity contribution in [2.45, 2.75) is 13.1 Å². The molecule has 4 heteroatoms. The number of nitrogens with zero attached hydrogens (tertiary/aromatic N) is 2. The molecule has 1 amide bonds. The lowest BCUT2D eigenvalue weighted by molar-refractivity contribution is -0.118. The van der Waals surface area contributed by atoms with E-state index in [1.807, 2.05) is 0 Å². The number of aromatic nitrogens is 1. The molecule has 0 N–H and O–H groups in total. The topological polar surface area (TPSA) is 46.3 Å². The Balaban J connectivity index is 2.28. The SMILES string of the molecule is O=CN1Cc2ncoc2C1. The van der Waals surface area contributed by atoms with Crippen LogP contribution in [-0.2, 0) is 17.9 Å². The highest BCUT2D eigenvalue weighted by Gasteiger charge is 2.20. The highest BCUT2D eigenvalue weighted by atomic mass is 16.3. The molecule has 1 aromatic heterocycles. The minimum absolute atomic E-state index is 0.568. The van der Waals surface area contributed by atoms with Crippen LogP contribution >= 0.6 is 0 Å². The third kappa shape index (κ3) is 0.618. The largest absolute Gasteiger partial charge is 0.446 e. The smallest absolute Gasteiger partial charge is 0.210 e. The van der Waals surface area contributed by atoms with Crippen molar-refractivity contribution in [2.75, 3.05) is 0 Å². The van der Waals surface area contributed by atoms with Crippen LogP contribution in [-0.4, -0.2) is 16.3 Å². The molecule has 0 aromatic carbocycles. The Morgan fingerprint density at radius 1 is 1.70 bits per heavy atom. The lowest BCUT2D eigenvalue weighted by atomic mass is 10.4. The van der Waals surface area contributed by atoms with E-state index in [1.54, 1.807) is 4.90 Å². The molecular formula is C6H6N2O2. The Kier molecular flexibility index (Phi) is 1.00. The second-order valence-corrected chi connectivity index (χ2v) is 2.23. The maximum atomic E-state index is 10.2. The molecule has 0 saturated carbocycles. The van der Waals surface area contributed by atoms with Gasteiger partial charge in [-0.15, -0.1) is 0 Å². The Morgan fingerprint density at radius 3 is 3.30 bits per heavy atom. The van der Waals surface area contributed by atoms with Crippen LogP contribution in [0.15, 0.2) is 10.8 Å². The summed E-state index contributed by atoms with van der Waals surface area (Å²) in [6.45, 7) is 1.16. The molecule has 0 spiro atoms. The number of oxazole rings is 1. The first kappa shape index (κ1) is 5.46. The summed E-state index contributed by atoms with van der Waals surface area (Å²) in [5.41, 5.74) is 0.882. The van der Waals surface area contributed by atoms with Crippen molar-refractivity contribution < 1.29 is 9.21 Å². The van der Waals surface area contributed by atoms with Gasteiger partial charge in [0.2, 0.25) is 6.41 Å². The Morgan fingerprint density at radius 2 is 2.60 bits per heavy atom. The molecule has 0 fully saturated rings. The maximum Gasteiger partial charge on any atom is 0.210 e. The monoisotopic (exact) mass is 138 g/mol. The van der Waals surface area contributed by atoms with Crippen LogP contribution in [0.5, 0.6) is 0 Å². The Bertz CT molecular complexity index is 236. The number of amides is 1. The lowest BCUT2D eigenvalue weighted by Gasteiger charge is -2.03. The van der Waals surface area contributed by atoms with Gasteiger partial charge in [0.1, 0.15) is 11.5 Å². The van der Waals surface area contributed by atoms with Crippen molar-refractivity contribution >= 4 is 6.41 Å². The second kappa shape index (κ2) is 1.83. The van der Waals surface area contributed by atoms with Gasteiger partial charge in [-0.25, -0.2) is 4.98 Å². The van der Waals surface area contributed by atoms with Crippen molar-refractivity contribution in [2.24, 2.45) is 0 Å². The average Bonchev–Trinajstić information content (AvgIpc) is 2.42. The van der Waals surface area contributed by atoms with Gasteiger partial charge in [0.05, 0.1) is 13.1 Å². The molecule has 52 valence electrons. The molecule has 1 aliphatic heterocycles. The summed E-state index contributed by atoms with van der Waals surface area (Å²) in [6, 6.07) is 0. The van der Waals surface area contributed by atoms with Gasteiger partial charge in [-0.1, -0.05) is 0 Å². The summed E-state index contributed by atoms with van der Waals surface area (Å²) < 4.78 is 5.00. The highest BCUT2D eigenvalue weighted by molar-refractivity contribution is 5.48. The van der Waals surface area contributed by atoms with Crippen LogP contribution < -0.4 is 0 Å². The van der Waals surface area contributed by atoms with Crippen LogP contribution in [0.3, 0.4) is 0 Å². The molecule has 4 nitrogen and oxygen atoms in total. The lowest BCUT2D eigenvalue weighted by Crippen LogP contribution is -2.13. The van der Waals surface area contributed by atoms with Crippen molar-refractivity contribution in [1.29, 1.82) is 0 Å². The van der Waals surface area contributed by atoms with Crippen LogP contribution in [0.1, 0.15) is 11.5 Å². The quantitative estimate of drug-likeness (QED) is 0.519. The summed E-state index contributed by atoms with van der Waals surface area (Å²) >= 11 is 0. The summed E-state index contributed by atoms with van der Waals surface area (Å²) in [5, 5.41) is 0. The van der Waals surface area contributed by atoms with Crippen LogP contribution in [0.2, 0.25) is 0 Å². The minimum Gasteiger partial charge on any atom is -0.446 e. The number of hydrogen-bond donors (Lipinski definition) is 0. The van der Waals surface area contributed by atoms with Gasteiger partial charge >= 0.3 is 0 Å². The molecule has 0 saturated heterocycles. The molecule has 0 aliphatic carbocycles. The van der Waals surface area contributed by atoms with Gasteiger partial charge < -0.3 is 9.32 Å². The average molecular weight is 138 g/mol. The van der Waals surface area contributed by atoms with Crippen molar-refractivity contribution in [3.8, 4) is 0 Å². The van der Waals surface area contributed by atoms with Gasteiger partial charge in [-0.05, 0) is 0 Å². The van der Waals surface area contributed by atoms with Gasteiger partial charge in [0.25, 0.3) is 0 Å². The van der Waals surface area contributed by atoms with E-state index in [9.17, 15) is 4.79 Å². The molecule has 10 heavy (non-hydrogen) atoms. The molecule has 1 aliphatic rings. The van der Waals surface area contributed by atoms with E-state index in [0.29, 0.717) is 13.1 Å². The van der Waals surface area contributed by atoms with Crippen LogP contribution in [0.25, 0.3) is 0 Å². The standard InChI is InChI=1S/C6H6N2O2/c9-4-8-1-5-6(2-8)10-3-7-5/h3-4H,1-2H2. The fourth-order valence-corrected chi connectivity index (χ4v) is 1.06. The number of carbonyl (C=O) groups is 1. The summed E-state index contributed by atoms with van der Waals surface area (Å²) in [4.78, 5) is 15.8. The van der Waals surface area contributed by atoms with Crippen molar-refractivity contribution in [1.82, 2.24) is 9.88 Å². The van der Waals surface area contributed by atoms with E-state index >= 15 is 0 Å². The number of fused-ring (bicyclic) bond motifs is 1. The number of carbonyl (C=O) groups excluding carboxylic acids is 1. The third-order valence-electron chi connectivity index (χ3n) is 1.57. The van der Waals surface area contributed by atoms with Crippen LogP contribution in [0.4, 0.5) is 0 Å². The molecule has 0 radical (unpaired) electrons. The van der Waals surface area contributed by atoms with Gasteiger partial charge in [-0.2, -0.15) is 0 Å². The maximum absolute atomic E-state index is 10.2. The normalized spacial score (nSPS) is 15.4. The van der Waals surface area contributed by atoms with E-state index < -0.39 is 0 Å². The first-order chi connectivity index (χ1) is 4.90. The Hall–Kier alpha value is -1.32. The number of rotatable bonds is 1. The predicted molar refractivity (Wildman–Crippen MR) is 31.8 cm³/mol. The van der Waals surface area contributed by atoms with Gasteiger partial charge in [-0.3, -0.25) is 4.79 Å². The van der Waals surface area contributed by atoms with Gasteiger partial charge in [0.15, 0.2) is 6.39 Å². The first-order valence-corrected chi connectivity index (χ1v) is 3.01. The van der Waals surface area contributed by atoms with E-state index in [0.717, 1.165) is 17.9 Å². The molecule has 0 bridgehead atoms. The molecule has 0 atom stereocenters. The molecule has 2 heterocycles. The second-order valence-electron chi connectivity index (χ2n) is 2.23. The van der Waals surface area contributed by atoms with Crippen molar-refractivity contribution in [3.05, 3.63) is 17.8 Å². The van der Waals surface area contributed by atoms with Crippen molar-refractivity contribution in [3.63, 3.8) is 0 Å². The van der Waals surface area contributed by atoms with E-state index in [-0.39, 0.29) is 0 Å². The predicted octanol–water partition coefficient (Wildman–Crippen LogP) is 0.147. The zero-order valence-corrected chi connectivity index (χ0v) is 5.28. The zero-order chi connectivity index (χ0) is 6.97. The zero-order valence-electron chi connectivity index (χ0n) is 5.28. The first-order valence-electron chi connectivity index (χ1n) is 3.01. The van der Waals surface area contributed by atoms with Gasteiger partial charge in [0, 0.05) is 0 Å². The highest BCUT2D eigenvalue weighted by Crippen LogP contribution is 2.18. The Labute approximate surface area is 57.5 Å². The summed E-state index contributed by atoms with van der Waals surface area (Å²) in [6.07, 6.45) is 2.21. The van der Waals surface area contributed by atoms with Crippen LogP contribution in [0, 0.1) is 0 Å². The summed E-state index contributed by atoms with van der Waals surface area (Å²) in [7, 11) is 0. The van der Waals surface area contributed by atoms with E-state index in [4.69, 9.17) is 4.42 Å². The minimum atomic E-state index is 0.568. The molecule has 0 unspecified atom stereocenters. The molecular weight excluding hydrogens is 132 g/mol. The molecule has 1 aromatic rings. The third-order valence-corrected chi connectivity index (χ3v) is 1.57. The fraction of sp³-hybridized carbons (Fsp3) is 0.333. The van der Waals surface area contributed by atoms with E-state index in [2.05, 4.69) is 4.98 Å². The summed E-state index contributed by atoms with van der Waals surface area (Å²) in [5.74, 6) is 0.812. The number of hydrogen-bond acceptors (Lipinski definition) is 3. The molecule has 2 rings (SSSR count).